The van der Waals surface area contributed by atoms with Crippen LogP contribution in [0.15, 0.2) is 24.3 Å². The van der Waals surface area contributed by atoms with Crippen LogP contribution in [0.2, 0.25) is 0 Å². The summed E-state index contributed by atoms with van der Waals surface area (Å²) in [7, 11) is 0. The number of benzene rings is 1. The third-order valence-electron chi connectivity index (χ3n) is 2.00. The lowest BCUT2D eigenvalue weighted by Gasteiger charge is -2.05. The fraction of sp³-hybridized carbons (Fsp3) is 0.333. The Hall–Kier alpha value is -1.84. The molecule has 0 radical (unpaired) electrons. The monoisotopic (exact) mass is 220 g/mol. The molecule has 0 spiro atoms. The number of nitrogens with one attached hydrogen (secondary N) is 2. The summed E-state index contributed by atoms with van der Waals surface area (Å²) in [6, 6.07) is 6.80. The summed E-state index contributed by atoms with van der Waals surface area (Å²) in [4.78, 5) is 22.3. The second-order valence-corrected chi connectivity index (χ2v) is 3.51. The fourth-order valence-electron chi connectivity index (χ4n) is 1.25. The minimum absolute atomic E-state index is 0.0868. The van der Waals surface area contributed by atoms with Crippen molar-refractivity contribution in [2.45, 2.75) is 20.3 Å². The number of carbonyl (C=O) groups excluding carboxylic acids is 2. The van der Waals surface area contributed by atoms with E-state index in [9.17, 15) is 9.59 Å². The maximum Gasteiger partial charge on any atom is 0.251 e. The number of amides is 2. The summed E-state index contributed by atoms with van der Waals surface area (Å²) in [5.41, 5.74) is 1.29. The molecular formula is C12H16N2O2. The smallest absolute Gasteiger partial charge is 0.251 e. The molecule has 0 unspecified atom stereocenters. The van der Waals surface area contributed by atoms with Crippen LogP contribution in [0.25, 0.3) is 0 Å². The van der Waals surface area contributed by atoms with Gasteiger partial charge in [0.1, 0.15) is 0 Å². The van der Waals surface area contributed by atoms with E-state index in [0.29, 0.717) is 17.8 Å². The quantitative estimate of drug-likeness (QED) is 0.812. The van der Waals surface area contributed by atoms with E-state index in [1.54, 1.807) is 24.3 Å². The van der Waals surface area contributed by atoms with Crippen molar-refractivity contribution in [1.29, 1.82) is 0 Å². The topological polar surface area (TPSA) is 58.2 Å². The van der Waals surface area contributed by atoms with E-state index >= 15 is 0 Å². The zero-order valence-corrected chi connectivity index (χ0v) is 9.54. The summed E-state index contributed by atoms with van der Waals surface area (Å²) in [6.45, 7) is 4.12. The van der Waals surface area contributed by atoms with Gasteiger partial charge >= 0.3 is 0 Å². The van der Waals surface area contributed by atoms with Gasteiger partial charge in [-0.1, -0.05) is 6.92 Å². The van der Waals surface area contributed by atoms with Crippen LogP contribution in [-0.4, -0.2) is 18.4 Å². The van der Waals surface area contributed by atoms with E-state index in [-0.39, 0.29) is 11.8 Å². The van der Waals surface area contributed by atoms with Gasteiger partial charge in [0.15, 0.2) is 0 Å². The standard InChI is InChI=1S/C12H16N2O2/c1-3-8-13-12(16)10-4-6-11(7-5-10)14-9(2)15/h4-7H,3,8H2,1-2H3,(H,13,16)(H,14,15). The normalized spacial score (nSPS) is 9.62. The van der Waals surface area contributed by atoms with Crippen molar-refractivity contribution < 1.29 is 9.59 Å². The van der Waals surface area contributed by atoms with Gasteiger partial charge in [-0.25, -0.2) is 0 Å². The lowest BCUT2D eigenvalue weighted by atomic mass is 10.2. The molecule has 2 N–H and O–H groups in total. The fourth-order valence-corrected chi connectivity index (χ4v) is 1.25. The first-order chi connectivity index (χ1) is 7.63. The van der Waals surface area contributed by atoms with Crippen molar-refractivity contribution in [3.05, 3.63) is 29.8 Å². The highest BCUT2D eigenvalue weighted by Gasteiger charge is 2.03. The van der Waals surface area contributed by atoms with Gasteiger partial charge in [-0.2, -0.15) is 0 Å². The highest BCUT2D eigenvalue weighted by Crippen LogP contribution is 2.09. The highest BCUT2D eigenvalue weighted by molar-refractivity contribution is 5.95. The van der Waals surface area contributed by atoms with Gasteiger partial charge in [0, 0.05) is 24.7 Å². The molecule has 0 atom stereocenters. The third kappa shape index (κ3) is 3.73. The van der Waals surface area contributed by atoms with Crippen LogP contribution in [0.4, 0.5) is 5.69 Å². The zero-order chi connectivity index (χ0) is 12.0. The van der Waals surface area contributed by atoms with Crippen LogP contribution in [0.3, 0.4) is 0 Å². The van der Waals surface area contributed by atoms with Crippen molar-refractivity contribution in [3.8, 4) is 0 Å². The van der Waals surface area contributed by atoms with Gasteiger partial charge < -0.3 is 10.6 Å². The van der Waals surface area contributed by atoms with E-state index in [4.69, 9.17) is 0 Å². The van der Waals surface area contributed by atoms with Crippen molar-refractivity contribution in [1.82, 2.24) is 5.32 Å². The molecule has 0 aliphatic rings. The molecule has 0 heterocycles. The Labute approximate surface area is 95.0 Å². The van der Waals surface area contributed by atoms with Crippen molar-refractivity contribution in [2.24, 2.45) is 0 Å². The summed E-state index contributed by atoms with van der Waals surface area (Å²) in [6.07, 6.45) is 0.912. The minimum atomic E-state index is -0.122. The van der Waals surface area contributed by atoms with Gasteiger partial charge in [0.25, 0.3) is 5.91 Å². The van der Waals surface area contributed by atoms with E-state index < -0.39 is 0 Å². The van der Waals surface area contributed by atoms with Gasteiger partial charge in [-0.05, 0) is 30.7 Å². The molecule has 4 heteroatoms. The van der Waals surface area contributed by atoms with Gasteiger partial charge in [-0.3, -0.25) is 9.59 Å². The van der Waals surface area contributed by atoms with Crippen LogP contribution in [0, 0.1) is 0 Å². The number of rotatable bonds is 4. The second kappa shape index (κ2) is 5.90. The summed E-state index contributed by atoms with van der Waals surface area (Å²) >= 11 is 0. The molecule has 0 aromatic heterocycles. The van der Waals surface area contributed by atoms with E-state index in [2.05, 4.69) is 10.6 Å². The molecule has 0 saturated heterocycles. The molecule has 16 heavy (non-hydrogen) atoms. The van der Waals surface area contributed by atoms with Crippen LogP contribution in [0.1, 0.15) is 30.6 Å². The Balaban J connectivity index is 2.63. The molecule has 1 aromatic carbocycles. The van der Waals surface area contributed by atoms with Crippen LogP contribution >= 0.6 is 0 Å². The Morgan fingerprint density at radius 3 is 2.31 bits per heavy atom. The Bertz CT molecular complexity index is 371. The zero-order valence-electron chi connectivity index (χ0n) is 9.54. The lowest BCUT2D eigenvalue weighted by molar-refractivity contribution is -0.114. The molecule has 1 aromatic rings. The van der Waals surface area contributed by atoms with Crippen molar-refractivity contribution in [3.63, 3.8) is 0 Å². The van der Waals surface area contributed by atoms with E-state index in [0.717, 1.165) is 6.42 Å². The van der Waals surface area contributed by atoms with E-state index in [1.807, 2.05) is 6.92 Å². The maximum atomic E-state index is 11.5. The Morgan fingerprint density at radius 1 is 1.19 bits per heavy atom. The summed E-state index contributed by atoms with van der Waals surface area (Å²) in [5.74, 6) is -0.209. The Kier molecular flexibility index (Phi) is 4.51. The second-order valence-electron chi connectivity index (χ2n) is 3.51. The van der Waals surface area contributed by atoms with Crippen molar-refractivity contribution in [2.75, 3.05) is 11.9 Å². The molecule has 2 amide bonds. The molecule has 86 valence electrons. The molecule has 1 rings (SSSR count). The van der Waals surface area contributed by atoms with E-state index in [1.165, 1.54) is 6.92 Å². The molecule has 4 nitrogen and oxygen atoms in total. The van der Waals surface area contributed by atoms with Crippen LogP contribution in [0.5, 0.6) is 0 Å². The molecular weight excluding hydrogens is 204 g/mol. The average molecular weight is 220 g/mol. The highest BCUT2D eigenvalue weighted by atomic mass is 16.2. The van der Waals surface area contributed by atoms with Gasteiger partial charge in [0.2, 0.25) is 5.91 Å². The number of hydrogen-bond donors (Lipinski definition) is 2. The number of hydrogen-bond acceptors (Lipinski definition) is 2. The van der Waals surface area contributed by atoms with Crippen molar-refractivity contribution >= 4 is 17.5 Å². The SMILES string of the molecule is CCCNC(=O)c1ccc(NC(C)=O)cc1. The maximum absolute atomic E-state index is 11.5. The van der Waals surface area contributed by atoms with Gasteiger partial charge in [-0.15, -0.1) is 0 Å². The molecule has 0 aliphatic carbocycles. The number of anilines is 1. The largest absolute Gasteiger partial charge is 0.352 e. The first kappa shape index (κ1) is 12.2. The first-order valence-electron chi connectivity index (χ1n) is 5.29. The van der Waals surface area contributed by atoms with Gasteiger partial charge in [0.05, 0.1) is 0 Å². The molecule has 0 aliphatic heterocycles. The van der Waals surface area contributed by atoms with Crippen LogP contribution < -0.4 is 10.6 Å². The third-order valence-corrected chi connectivity index (χ3v) is 2.00. The summed E-state index contributed by atoms with van der Waals surface area (Å²) in [5, 5.41) is 5.43. The average Bonchev–Trinajstić information content (AvgIpc) is 2.26. The summed E-state index contributed by atoms with van der Waals surface area (Å²) < 4.78 is 0. The van der Waals surface area contributed by atoms with Crippen LogP contribution in [-0.2, 0) is 4.79 Å². The molecule has 0 bridgehead atoms. The minimum Gasteiger partial charge on any atom is -0.352 e. The molecule has 0 saturated carbocycles. The Morgan fingerprint density at radius 2 is 1.81 bits per heavy atom. The predicted molar refractivity (Wildman–Crippen MR) is 63.4 cm³/mol. The predicted octanol–water partition coefficient (Wildman–Crippen LogP) is 1.78. The number of carbonyl (C=O) groups is 2. The molecule has 0 fully saturated rings. The lowest BCUT2D eigenvalue weighted by Crippen LogP contribution is -2.23. The first-order valence-corrected chi connectivity index (χ1v) is 5.29.